The van der Waals surface area contributed by atoms with E-state index in [0.717, 1.165) is 53.9 Å². The first-order valence-corrected chi connectivity index (χ1v) is 8.87. The summed E-state index contributed by atoms with van der Waals surface area (Å²) in [6.07, 6.45) is 3.28. The minimum Gasteiger partial charge on any atom is -0.382 e. The van der Waals surface area contributed by atoms with Gasteiger partial charge >= 0.3 is 0 Å². The van der Waals surface area contributed by atoms with Crippen molar-refractivity contribution in [3.05, 3.63) is 11.1 Å². The molecule has 0 aliphatic carbocycles. The van der Waals surface area contributed by atoms with E-state index in [1.165, 1.54) is 18.0 Å². The second-order valence-electron chi connectivity index (χ2n) is 4.81. The Morgan fingerprint density at radius 1 is 1.33 bits per heavy atom. The quantitative estimate of drug-likeness (QED) is 0.686. The smallest absolute Gasteiger partial charge is 0.149 e. The number of thiazole rings is 1. The van der Waals surface area contributed by atoms with E-state index in [1.54, 1.807) is 11.3 Å². The Hall–Kier alpha value is -1.18. The van der Waals surface area contributed by atoms with E-state index in [4.69, 9.17) is 10.5 Å². The minimum absolute atomic E-state index is 0.552. The van der Waals surface area contributed by atoms with Crippen molar-refractivity contribution in [3.8, 4) is 10.6 Å². The first-order valence-electron chi connectivity index (χ1n) is 7.21. The molecule has 0 spiro atoms. The molecule has 3 N–H and O–H groups in total. The van der Waals surface area contributed by atoms with Crippen LogP contribution in [0.4, 0.5) is 10.8 Å². The van der Waals surface area contributed by atoms with Crippen LogP contribution in [0.3, 0.4) is 0 Å². The van der Waals surface area contributed by atoms with Crippen molar-refractivity contribution in [1.29, 1.82) is 0 Å². The van der Waals surface area contributed by atoms with E-state index < -0.39 is 0 Å². The van der Waals surface area contributed by atoms with Gasteiger partial charge < -0.3 is 15.8 Å². The van der Waals surface area contributed by atoms with Gasteiger partial charge in [0.05, 0.1) is 5.56 Å². The van der Waals surface area contributed by atoms with Crippen LogP contribution in [0.1, 0.15) is 31.9 Å². The second-order valence-corrected chi connectivity index (χ2v) is 6.44. The number of aromatic nitrogens is 2. The van der Waals surface area contributed by atoms with Crippen LogP contribution < -0.4 is 11.1 Å². The van der Waals surface area contributed by atoms with Gasteiger partial charge in [0.25, 0.3) is 0 Å². The van der Waals surface area contributed by atoms with Crippen LogP contribution in [-0.2, 0) is 4.74 Å². The molecule has 7 heteroatoms. The molecule has 2 aromatic heterocycles. The lowest BCUT2D eigenvalue weighted by atomic mass is 10.3. The maximum absolute atomic E-state index is 5.97. The van der Waals surface area contributed by atoms with Crippen LogP contribution in [0.15, 0.2) is 5.38 Å². The van der Waals surface area contributed by atoms with Crippen LogP contribution in [0, 0.1) is 6.92 Å². The summed E-state index contributed by atoms with van der Waals surface area (Å²) in [5.74, 6) is 0.552. The van der Waals surface area contributed by atoms with Crippen LogP contribution in [0.5, 0.6) is 0 Å². The lowest BCUT2D eigenvalue weighted by Crippen LogP contribution is -2.06. The van der Waals surface area contributed by atoms with Gasteiger partial charge in [-0.1, -0.05) is 13.3 Å². The predicted octanol–water partition coefficient (Wildman–Crippen LogP) is 3.78. The first kappa shape index (κ1) is 16.2. The SMILES string of the molecule is CCCCOCCCNc1snc(N)c1-c1nc(C)cs1. The Labute approximate surface area is 133 Å². The van der Waals surface area contributed by atoms with Gasteiger partial charge in [-0.3, -0.25) is 0 Å². The number of anilines is 2. The fourth-order valence-corrected chi connectivity index (χ4v) is 3.48. The third kappa shape index (κ3) is 4.66. The number of nitrogens with two attached hydrogens (primary N) is 1. The van der Waals surface area contributed by atoms with E-state index in [2.05, 4.69) is 21.6 Å². The highest BCUT2D eigenvalue weighted by Gasteiger charge is 2.16. The highest BCUT2D eigenvalue weighted by molar-refractivity contribution is 7.15. The third-order valence-corrected chi connectivity index (χ3v) is 4.74. The molecule has 21 heavy (non-hydrogen) atoms. The van der Waals surface area contributed by atoms with E-state index in [9.17, 15) is 0 Å². The lowest BCUT2D eigenvalue weighted by molar-refractivity contribution is 0.131. The van der Waals surface area contributed by atoms with Gasteiger partial charge in [-0.15, -0.1) is 11.3 Å². The Morgan fingerprint density at radius 3 is 2.86 bits per heavy atom. The molecule has 0 unspecified atom stereocenters. The van der Waals surface area contributed by atoms with Gasteiger partial charge in [0.15, 0.2) is 0 Å². The number of ether oxygens (including phenoxy) is 1. The molecule has 0 saturated carbocycles. The molecule has 2 aromatic rings. The van der Waals surface area contributed by atoms with Gasteiger partial charge in [-0.25, -0.2) is 4.98 Å². The van der Waals surface area contributed by atoms with Gasteiger partial charge in [0.2, 0.25) is 0 Å². The zero-order valence-electron chi connectivity index (χ0n) is 12.5. The zero-order valence-corrected chi connectivity index (χ0v) is 14.1. The zero-order chi connectivity index (χ0) is 15.1. The number of rotatable bonds is 9. The summed E-state index contributed by atoms with van der Waals surface area (Å²) < 4.78 is 9.78. The van der Waals surface area contributed by atoms with Crippen LogP contribution in [-0.4, -0.2) is 29.1 Å². The summed E-state index contributed by atoms with van der Waals surface area (Å²) in [5.41, 5.74) is 7.91. The standard InChI is InChI=1S/C14H22N4OS2/c1-3-4-7-19-8-5-6-16-13-11(12(15)18-21-13)14-17-10(2)9-20-14/h9,16H,3-8H2,1-2H3,(H2,15,18). The Bertz CT molecular complexity index is 553. The van der Waals surface area contributed by atoms with Gasteiger partial charge in [0, 0.05) is 30.8 Å². The molecular formula is C14H22N4OS2. The molecule has 0 atom stereocenters. The molecule has 0 bridgehead atoms. The number of nitrogen functional groups attached to an aromatic ring is 1. The van der Waals surface area contributed by atoms with E-state index in [0.29, 0.717) is 5.82 Å². The Balaban J connectivity index is 1.84. The third-order valence-electron chi connectivity index (χ3n) is 2.94. The van der Waals surface area contributed by atoms with E-state index in [-0.39, 0.29) is 0 Å². The van der Waals surface area contributed by atoms with Crippen LogP contribution in [0.2, 0.25) is 0 Å². The number of hydrogen-bond donors (Lipinski definition) is 2. The topological polar surface area (TPSA) is 73.1 Å². The monoisotopic (exact) mass is 326 g/mol. The normalized spacial score (nSPS) is 11.0. The van der Waals surface area contributed by atoms with E-state index in [1.807, 2.05) is 12.3 Å². The summed E-state index contributed by atoms with van der Waals surface area (Å²) in [7, 11) is 0. The highest BCUT2D eigenvalue weighted by Crippen LogP contribution is 2.38. The maximum atomic E-state index is 5.97. The number of unbranched alkanes of at least 4 members (excludes halogenated alkanes) is 1. The molecule has 0 saturated heterocycles. The average Bonchev–Trinajstić information content (AvgIpc) is 3.04. The number of hydrogen-bond acceptors (Lipinski definition) is 7. The van der Waals surface area contributed by atoms with Gasteiger partial charge in [0.1, 0.15) is 15.8 Å². The molecule has 2 rings (SSSR count). The average molecular weight is 326 g/mol. The van der Waals surface area contributed by atoms with Crippen LogP contribution in [0.25, 0.3) is 10.6 Å². The summed E-state index contributed by atoms with van der Waals surface area (Å²) >= 11 is 2.99. The molecule has 2 heterocycles. The molecule has 116 valence electrons. The summed E-state index contributed by atoms with van der Waals surface area (Å²) in [6.45, 7) is 6.64. The van der Waals surface area contributed by atoms with Crippen molar-refractivity contribution in [2.45, 2.75) is 33.1 Å². The van der Waals surface area contributed by atoms with Crippen molar-refractivity contribution < 1.29 is 4.74 Å². The molecule has 5 nitrogen and oxygen atoms in total. The summed E-state index contributed by atoms with van der Waals surface area (Å²) in [4.78, 5) is 4.49. The first-order chi connectivity index (χ1) is 10.2. The largest absolute Gasteiger partial charge is 0.382 e. The Morgan fingerprint density at radius 2 is 2.14 bits per heavy atom. The molecule has 0 aromatic carbocycles. The van der Waals surface area contributed by atoms with Crippen molar-refractivity contribution >= 4 is 33.7 Å². The molecule has 0 radical (unpaired) electrons. The lowest BCUT2D eigenvalue weighted by Gasteiger charge is -2.06. The molecule has 0 aliphatic heterocycles. The fourth-order valence-electron chi connectivity index (χ4n) is 1.82. The molecule has 0 fully saturated rings. The number of aryl methyl sites for hydroxylation is 1. The highest BCUT2D eigenvalue weighted by atomic mass is 32.1. The maximum Gasteiger partial charge on any atom is 0.149 e. The fraction of sp³-hybridized carbons (Fsp3) is 0.571. The van der Waals surface area contributed by atoms with Crippen molar-refractivity contribution in [1.82, 2.24) is 9.36 Å². The second kappa shape index (κ2) is 8.31. The van der Waals surface area contributed by atoms with Crippen LogP contribution >= 0.6 is 22.9 Å². The molecule has 0 aliphatic rings. The van der Waals surface area contributed by atoms with Gasteiger partial charge in [-0.05, 0) is 31.3 Å². The summed E-state index contributed by atoms with van der Waals surface area (Å²) in [6, 6.07) is 0. The predicted molar refractivity (Wildman–Crippen MR) is 91.2 cm³/mol. The molecule has 0 amide bonds. The van der Waals surface area contributed by atoms with E-state index >= 15 is 0 Å². The number of nitrogens with one attached hydrogen (secondary N) is 1. The van der Waals surface area contributed by atoms with Crippen molar-refractivity contribution in [3.63, 3.8) is 0 Å². The van der Waals surface area contributed by atoms with Gasteiger partial charge in [-0.2, -0.15) is 4.37 Å². The Kier molecular flexibility index (Phi) is 6.41. The number of nitrogens with zero attached hydrogens (tertiary/aromatic N) is 2. The van der Waals surface area contributed by atoms with Crippen molar-refractivity contribution in [2.75, 3.05) is 30.8 Å². The minimum atomic E-state index is 0.552. The van der Waals surface area contributed by atoms with Crippen molar-refractivity contribution in [2.24, 2.45) is 0 Å². The summed E-state index contributed by atoms with van der Waals surface area (Å²) in [5, 5.41) is 7.35. The molecular weight excluding hydrogens is 304 g/mol.